The first-order valence-corrected chi connectivity index (χ1v) is 10.2. The van der Waals surface area contributed by atoms with Gasteiger partial charge < -0.3 is 15.4 Å². The smallest absolute Gasteiger partial charge is 0.251 e. The van der Waals surface area contributed by atoms with Crippen LogP contribution in [0.25, 0.3) is 0 Å². The average molecular weight is 404 g/mol. The molecule has 1 aliphatic carbocycles. The number of hydrogen-bond donors (Lipinski definition) is 3. The van der Waals surface area contributed by atoms with Gasteiger partial charge in [0.05, 0.1) is 7.11 Å². The molecule has 3 N–H and O–H groups in total. The highest BCUT2D eigenvalue weighted by Gasteiger charge is 2.30. The van der Waals surface area contributed by atoms with Gasteiger partial charge in [-0.1, -0.05) is 0 Å². The molecule has 0 aromatic heterocycles. The fraction of sp³-hybridized carbons (Fsp3) is 0.588. The second-order valence-electron chi connectivity index (χ2n) is 6.68. The van der Waals surface area contributed by atoms with Crippen LogP contribution >= 0.6 is 12.4 Å². The molecule has 9 heteroatoms. The summed E-state index contributed by atoms with van der Waals surface area (Å²) in [5.74, 6) is 0.382. The molecule has 1 amide bonds. The van der Waals surface area contributed by atoms with Gasteiger partial charge in [-0.3, -0.25) is 4.79 Å². The van der Waals surface area contributed by atoms with Gasteiger partial charge in [0.25, 0.3) is 5.91 Å². The molecular formula is C17H26ClN3O4S. The van der Waals surface area contributed by atoms with Crippen molar-refractivity contribution in [2.45, 2.75) is 36.6 Å². The number of ether oxygens (including phenoxy) is 1. The lowest BCUT2D eigenvalue weighted by Crippen LogP contribution is -2.38. The number of piperidine rings is 1. The van der Waals surface area contributed by atoms with Crippen molar-refractivity contribution >= 4 is 28.3 Å². The molecule has 1 atom stereocenters. The zero-order chi connectivity index (χ0) is 17.9. The SMILES string of the molecule is COc1ccc(C(=O)NCC2CCCNC2)cc1S(=O)(=O)NC1CC1.Cl. The van der Waals surface area contributed by atoms with Crippen molar-refractivity contribution in [1.82, 2.24) is 15.4 Å². The minimum atomic E-state index is -3.70. The van der Waals surface area contributed by atoms with Crippen molar-refractivity contribution in [2.75, 3.05) is 26.7 Å². The van der Waals surface area contributed by atoms with Crippen LogP contribution in [-0.4, -0.2) is 47.1 Å². The molecule has 3 rings (SSSR count). The minimum Gasteiger partial charge on any atom is -0.495 e. The molecule has 26 heavy (non-hydrogen) atoms. The van der Waals surface area contributed by atoms with Crippen LogP contribution in [0.3, 0.4) is 0 Å². The molecular weight excluding hydrogens is 378 g/mol. The summed E-state index contributed by atoms with van der Waals surface area (Å²) in [6, 6.07) is 4.49. The van der Waals surface area contributed by atoms with Gasteiger partial charge in [-0.2, -0.15) is 0 Å². The second kappa shape index (κ2) is 9.03. The molecule has 2 fully saturated rings. The quantitative estimate of drug-likeness (QED) is 0.637. The number of sulfonamides is 1. The number of carbonyl (C=O) groups is 1. The Bertz CT molecular complexity index is 732. The van der Waals surface area contributed by atoms with Gasteiger partial charge in [0.2, 0.25) is 10.0 Å². The Kier molecular flexibility index (Phi) is 7.28. The zero-order valence-electron chi connectivity index (χ0n) is 14.8. The van der Waals surface area contributed by atoms with Crippen molar-refractivity contribution in [1.29, 1.82) is 0 Å². The number of amides is 1. The van der Waals surface area contributed by atoms with Crippen LogP contribution in [0.4, 0.5) is 0 Å². The molecule has 1 aliphatic heterocycles. The van der Waals surface area contributed by atoms with Gasteiger partial charge in [-0.05, 0) is 62.9 Å². The van der Waals surface area contributed by atoms with E-state index in [1.54, 1.807) is 6.07 Å². The van der Waals surface area contributed by atoms with Gasteiger partial charge in [0.1, 0.15) is 10.6 Å². The average Bonchev–Trinajstić information content (AvgIpc) is 3.43. The Labute approximate surface area is 160 Å². The molecule has 0 radical (unpaired) electrons. The normalized spacial score (nSPS) is 20.1. The fourth-order valence-electron chi connectivity index (χ4n) is 2.95. The van der Waals surface area contributed by atoms with Crippen molar-refractivity contribution in [3.8, 4) is 5.75 Å². The van der Waals surface area contributed by atoms with Gasteiger partial charge in [-0.15, -0.1) is 12.4 Å². The molecule has 2 aliphatic rings. The summed E-state index contributed by atoms with van der Waals surface area (Å²) in [5.41, 5.74) is 0.320. The topological polar surface area (TPSA) is 96.5 Å². The number of nitrogens with one attached hydrogen (secondary N) is 3. The van der Waals surface area contributed by atoms with E-state index < -0.39 is 10.0 Å². The number of benzene rings is 1. The van der Waals surface area contributed by atoms with E-state index in [2.05, 4.69) is 15.4 Å². The Morgan fingerprint density at radius 1 is 1.31 bits per heavy atom. The van der Waals surface area contributed by atoms with Crippen LogP contribution in [0.15, 0.2) is 23.1 Å². The van der Waals surface area contributed by atoms with Crippen LogP contribution in [0, 0.1) is 5.92 Å². The van der Waals surface area contributed by atoms with Crippen molar-refractivity contribution in [2.24, 2.45) is 5.92 Å². The summed E-state index contributed by atoms with van der Waals surface area (Å²) in [5, 5.41) is 6.21. The summed E-state index contributed by atoms with van der Waals surface area (Å²) in [4.78, 5) is 12.4. The first kappa shape index (κ1) is 21.0. The van der Waals surface area contributed by atoms with Crippen LogP contribution in [-0.2, 0) is 10.0 Å². The van der Waals surface area contributed by atoms with Crippen molar-refractivity contribution in [3.63, 3.8) is 0 Å². The predicted molar refractivity (Wildman–Crippen MR) is 102 cm³/mol. The van der Waals surface area contributed by atoms with Gasteiger partial charge in [0.15, 0.2) is 0 Å². The Balaban J connectivity index is 0.00000243. The summed E-state index contributed by atoms with van der Waals surface area (Å²) in [6.45, 7) is 2.51. The standard InChI is InChI=1S/C17H25N3O4S.ClH/c1-24-15-7-4-13(9-16(15)25(22,23)20-14-5-6-14)17(21)19-11-12-3-2-8-18-10-12;/h4,7,9,12,14,18,20H,2-3,5-6,8,10-11H2,1H3,(H,19,21);1H. The molecule has 1 heterocycles. The molecule has 0 spiro atoms. The summed E-state index contributed by atoms with van der Waals surface area (Å²) < 4.78 is 32.8. The molecule has 0 bridgehead atoms. The van der Waals surface area contributed by atoms with E-state index >= 15 is 0 Å². The zero-order valence-corrected chi connectivity index (χ0v) is 16.4. The molecule has 1 unspecified atom stereocenters. The Morgan fingerprint density at radius 3 is 2.69 bits per heavy atom. The maximum atomic E-state index is 12.5. The molecule has 1 aromatic rings. The number of methoxy groups -OCH3 is 1. The fourth-order valence-corrected chi connectivity index (χ4v) is 4.45. The van der Waals surface area contributed by atoms with Crippen LogP contribution in [0.1, 0.15) is 36.0 Å². The third-order valence-electron chi connectivity index (χ3n) is 4.56. The van der Waals surface area contributed by atoms with E-state index in [4.69, 9.17) is 4.74 Å². The molecule has 1 aromatic carbocycles. The minimum absolute atomic E-state index is 0. The van der Waals surface area contributed by atoms with E-state index in [-0.39, 0.29) is 35.0 Å². The van der Waals surface area contributed by atoms with E-state index in [0.29, 0.717) is 18.0 Å². The highest BCUT2D eigenvalue weighted by atomic mass is 35.5. The van der Waals surface area contributed by atoms with Crippen LogP contribution in [0.5, 0.6) is 5.75 Å². The molecule has 1 saturated heterocycles. The number of rotatable bonds is 7. The van der Waals surface area contributed by atoms with Gasteiger partial charge in [0, 0.05) is 18.2 Å². The van der Waals surface area contributed by atoms with Crippen molar-refractivity contribution < 1.29 is 17.9 Å². The highest BCUT2D eigenvalue weighted by Crippen LogP contribution is 2.28. The number of carbonyl (C=O) groups excluding carboxylic acids is 1. The number of hydrogen-bond acceptors (Lipinski definition) is 5. The third-order valence-corrected chi connectivity index (χ3v) is 6.11. The molecule has 7 nitrogen and oxygen atoms in total. The predicted octanol–water partition coefficient (Wildman–Crippen LogP) is 1.29. The van der Waals surface area contributed by atoms with Crippen LogP contribution < -0.4 is 20.1 Å². The molecule has 1 saturated carbocycles. The lowest BCUT2D eigenvalue weighted by Gasteiger charge is -2.23. The first-order chi connectivity index (χ1) is 12.0. The Morgan fingerprint density at radius 2 is 2.08 bits per heavy atom. The van der Waals surface area contributed by atoms with E-state index in [0.717, 1.165) is 38.8 Å². The maximum absolute atomic E-state index is 12.5. The summed E-state index contributed by atoms with van der Waals surface area (Å²) >= 11 is 0. The summed E-state index contributed by atoms with van der Waals surface area (Å²) in [7, 11) is -2.28. The lowest BCUT2D eigenvalue weighted by atomic mass is 9.99. The highest BCUT2D eigenvalue weighted by molar-refractivity contribution is 7.89. The maximum Gasteiger partial charge on any atom is 0.251 e. The first-order valence-electron chi connectivity index (χ1n) is 8.69. The largest absolute Gasteiger partial charge is 0.495 e. The lowest BCUT2D eigenvalue weighted by molar-refractivity contribution is 0.0944. The van der Waals surface area contributed by atoms with Gasteiger partial charge in [-0.25, -0.2) is 13.1 Å². The van der Waals surface area contributed by atoms with Gasteiger partial charge >= 0.3 is 0 Å². The molecule has 146 valence electrons. The van der Waals surface area contributed by atoms with Crippen molar-refractivity contribution in [3.05, 3.63) is 23.8 Å². The van der Waals surface area contributed by atoms with E-state index in [9.17, 15) is 13.2 Å². The summed E-state index contributed by atoms with van der Waals surface area (Å²) in [6.07, 6.45) is 3.88. The second-order valence-corrected chi connectivity index (χ2v) is 8.37. The van der Waals surface area contributed by atoms with E-state index in [1.165, 1.54) is 19.2 Å². The Hall–Kier alpha value is -1.35. The number of halogens is 1. The monoisotopic (exact) mass is 403 g/mol. The van der Waals surface area contributed by atoms with Crippen LogP contribution in [0.2, 0.25) is 0 Å². The third kappa shape index (κ3) is 5.33. The van der Waals surface area contributed by atoms with E-state index in [1.807, 2.05) is 0 Å².